The molecular formula is C16H23N5O2. The molecule has 23 heavy (non-hydrogen) atoms. The zero-order chi connectivity index (χ0) is 17.0. The van der Waals surface area contributed by atoms with E-state index in [4.69, 9.17) is 0 Å². The van der Waals surface area contributed by atoms with Crippen molar-refractivity contribution in [3.8, 4) is 0 Å². The van der Waals surface area contributed by atoms with Crippen LogP contribution in [-0.2, 0) is 17.8 Å². The molecule has 2 aromatic rings. The van der Waals surface area contributed by atoms with Crippen LogP contribution in [0.3, 0.4) is 0 Å². The van der Waals surface area contributed by atoms with Gasteiger partial charge in [0.05, 0.1) is 12.0 Å². The van der Waals surface area contributed by atoms with Crippen molar-refractivity contribution in [3.05, 3.63) is 44.9 Å². The molecule has 7 heteroatoms. The highest BCUT2D eigenvalue weighted by Crippen LogP contribution is 2.11. The van der Waals surface area contributed by atoms with Gasteiger partial charge in [0, 0.05) is 36.5 Å². The number of carbonyl (C=O) groups is 1. The number of H-pyrrole nitrogens is 1. The van der Waals surface area contributed by atoms with Crippen LogP contribution in [0.4, 0.5) is 0 Å². The summed E-state index contributed by atoms with van der Waals surface area (Å²) in [6.07, 6.45) is 2.58. The van der Waals surface area contributed by atoms with E-state index in [-0.39, 0.29) is 11.5 Å². The maximum atomic E-state index is 12.0. The first-order chi connectivity index (χ1) is 10.9. The van der Waals surface area contributed by atoms with Crippen LogP contribution < -0.4 is 10.9 Å². The Morgan fingerprint density at radius 3 is 2.65 bits per heavy atom. The number of hydrogen-bond acceptors (Lipinski definition) is 4. The quantitative estimate of drug-likeness (QED) is 0.829. The van der Waals surface area contributed by atoms with Crippen LogP contribution in [0.25, 0.3) is 0 Å². The largest absolute Gasteiger partial charge is 0.354 e. The lowest BCUT2D eigenvalue weighted by atomic mass is 10.1. The Morgan fingerprint density at radius 1 is 1.26 bits per heavy atom. The molecule has 2 rings (SSSR count). The fourth-order valence-electron chi connectivity index (χ4n) is 2.42. The van der Waals surface area contributed by atoms with Gasteiger partial charge in [-0.25, -0.2) is 4.98 Å². The van der Waals surface area contributed by atoms with Gasteiger partial charge in [-0.2, -0.15) is 5.10 Å². The molecule has 0 atom stereocenters. The highest BCUT2D eigenvalue weighted by molar-refractivity contribution is 5.76. The van der Waals surface area contributed by atoms with E-state index < -0.39 is 0 Å². The Morgan fingerprint density at radius 2 is 2.00 bits per heavy atom. The Balaban J connectivity index is 1.82. The fraction of sp³-hybridized carbons (Fsp3) is 0.500. The molecule has 1 amide bonds. The van der Waals surface area contributed by atoms with Crippen LogP contribution in [-0.4, -0.2) is 32.2 Å². The minimum Gasteiger partial charge on any atom is -0.354 e. The molecule has 0 aliphatic carbocycles. The predicted molar refractivity (Wildman–Crippen MR) is 87.4 cm³/mol. The van der Waals surface area contributed by atoms with Gasteiger partial charge >= 0.3 is 0 Å². The third-order valence-corrected chi connectivity index (χ3v) is 4.07. The van der Waals surface area contributed by atoms with Crippen molar-refractivity contribution in [2.24, 2.45) is 0 Å². The Bertz CT molecular complexity index is 741. The number of carbonyl (C=O) groups excluding carboxylic acids is 1. The molecule has 0 saturated heterocycles. The van der Waals surface area contributed by atoms with Gasteiger partial charge in [-0.15, -0.1) is 0 Å². The molecule has 2 N–H and O–H groups in total. The zero-order valence-electron chi connectivity index (χ0n) is 14.1. The molecule has 0 radical (unpaired) electrons. The van der Waals surface area contributed by atoms with Crippen molar-refractivity contribution in [2.75, 3.05) is 6.54 Å². The van der Waals surface area contributed by atoms with E-state index in [1.165, 1.54) is 10.9 Å². The summed E-state index contributed by atoms with van der Waals surface area (Å²) in [6, 6.07) is 0. The van der Waals surface area contributed by atoms with E-state index in [9.17, 15) is 9.59 Å². The van der Waals surface area contributed by atoms with E-state index in [0.29, 0.717) is 31.5 Å². The molecule has 0 aromatic carbocycles. The van der Waals surface area contributed by atoms with Crippen molar-refractivity contribution in [2.45, 2.75) is 47.1 Å². The van der Waals surface area contributed by atoms with Crippen LogP contribution in [0.15, 0.2) is 11.1 Å². The number of nitrogens with zero attached hydrogens (tertiary/aromatic N) is 3. The normalized spacial score (nSPS) is 10.8. The van der Waals surface area contributed by atoms with Crippen molar-refractivity contribution in [1.82, 2.24) is 25.1 Å². The van der Waals surface area contributed by atoms with Crippen molar-refractivity contribution in [3.63, 3.8) is 0 Å². The predicted octanol–water partition coefficient (Wildman–Crippen LogP) is 0.949. The summed E-state index contributed by atoms with van der Waals surface area (Å²) in [7, 11) is 0. The number of aromatic amines is 1. The number of nitrogens with one attached hydrogen (secondary N) is 2. The van der Waals surface area contributed by atoms with Gasteiger partial charge < -0.3 is 5.32 Å². The van der Waals surface area contributed by atoms with Gasteiger partial charge in [0.25, 0.3) is 5.56 Å². The van der Waals surface area contributed by atoms with Crippen molar-refractivity contribution in [1.29, 1.82) is 0 Å². The first kappa shape index (κ1) is 16.9. The van der Waals surface area contributed by atoms with Crippen LogP contribution in [0, 0.1) is 27.7 Å². The molecular weight excluding hydrogens is 294 g/mol. The second-order valence-corrected chi connectivity index (χ2v) is 5.72. The molecule has 2 heterocycles. The summed E-state index contributed by atoms with van der Waals surface area (Å²) in [5.41, 5.74) is 4.35. The minimum absolute atomic E-state index is 0.0326. The summed E-state index contributed by atoms with van der Waals surface area (Å²) in [6.45, 7) is 8.27. The number of aryl methyl sites for hydroxylation is 3. The molecule has 0 fully saturated rings. The lowest BCUT2D eigenvalue weighted by Gasteiger charge is -2.09. The summed E-state index contributed by atoms with van der Waals surface area (Å²) in [4.78, 5) is 28.1. The first-order valence-corrected chi connectivity index (χ1v) is 7.70. The van der Waals surface area contributed by atoms with Gasteiger partial charge in [0.15, 0.2) is 0 Å². The average molecular weight is 317 g/mol. The number of amides is 1. The second kappa shape index (κ2) is 7.21. The summed E-state index contributed by atoms with van der Waals surface area (Å²) in [5.74, 6) is -0.0326. The SMILES string of the molecule is Cc1n[nH]c(C)c1CCC(=O)NCCn1cnc(C)c(C)c1=O. The molecule has 0 bridgehead atoms. The molecule has 7 nitrogen and oxygen atoms in total. The van der Waals surface area contributed by atoms with Crippen LogP contribution in [0.2, 0.25) is 0 Å². The smallest absolute Gasteiger partial charge is 0.256 e. The van der Waals surface area contributed by atoms with E-state index in [2.05, 4.69) is 20.5 Å². The van der Waals surface area contributed by atoms with Crippen LogP contribution >= 0.6 is 0 Å². The molecule has 0 unspecified atom stereocenters. The van der Waals surface area contributed by atoms with Crippen molar-refractivity contribution >= 4 is 5.91 Å². The highest BCUT2D eigenvalue weighted by atomic mass is 16.1. The monoisotopic (exact) mass is 317 g/mol. The lowest BCUT2D eigenvalue weighted by molar-refractivity contribution is -0.121. The Labute approximate surface area is 135 Å². The van der Waals surface area contributed by atoms with Gasteiger partial charge in [0.1, 0.15) is 0 Å². The maximum absolute atomic E-state index is 12.0. The highest BCUT2D eigenvalue weighted by Gasteiger charge is 2.09. The summed E-state index contributed by atoms with van der Waals surface area (Å²) >= 11 is 0. The molecule has 0 aliphatic rings. The third kappa shape index (κ3) is 4.06. The zero-order valence-corrected chi connectivity index (χ0v) is 14.1. The minimum atomic E-state index is -0.0589. The topological polar surface area (TPSA) is 92.7 Å². The number of hydrogen-bond donors (Lipinski definition) is 2. The van der Waals surface area contributed by atoms with Gasteiger partial charge in [-0.3, -0.25) is 19.3 Å². The lowest BCUT2D eigenvalue weighted by Crippen LogP contribution is -2.32. The molecule has 0 saturated carbocycles. The maximum Gasteiger partial charge on any atom is 0.256 e. The molecule has 2 aromatic heterocycles. The molecule has 0 aliphatic heterocycles. The third-order valence-electron chi connectivity index (χ3n) is 4.07. The summed E-state index contributed by atoms with van der Waals surface area (Å²) < 4.78 is 1.52. The van der Waals surface area contributed by atoms with E-state index in [1.54, 1.807) is 6.92 Å². The fourth-order valence-corrected chi connectivity index (χ4v) is 2.42. The number of rotatable bonds is 6. The average Bonchev–Trinajstić information content (AvgIpc) is 2.84. The molecule has 0 spiro atoms. The second-order valence-electron chi connectivity index (χ2n) is 5.72. The Hall–Kier alpha value is -2.44. The van der Waals surface area contributed by atoms with Crippen LogP contribution in [0.5, 0.6) is 0 Å². The molecule has 124 valence electrons. The van der Waals surface area contributed by atoms with E-state index in [1.807, 2.05) is 20.8 Å². The van der Waals surface area contributed by atoms with Crippen LogP contribution in [0.1, 0.15) is 34.6 Å². The standard InChI is InChI=1S/C16H23N5O2/c1-10-11(2)18-9-21(16(10)23)8-7-17-15(22)6-5-14-12(3)19-20-13(14)4/h9H,5-8H2,1-4H3,(H,17,22)(H,19,20). The van der Waals surface area contributed by atoms with Gasteiger partial charge in [0.2, 0.25) is 5.91 Å². The van der Waals surface area contributed by atoms with E-state index in [0.717, 1.165) is 22.6 Å². The van der Waals surface area contributed by atoms with Gasteiger partial charge in [-0.1, -0.05) is 0 Å². The van der Waals surface area contributed by atoms with E-state index >= 15 is 0 Å². The van der Waals surface area contributed by atoms with Crippen molar-refractivity contribution < 1.29 is 4.79 Å². The Kier molecular flexibility index (Phi) is 5.31. The summed E-state index contributed by atoms with van der Waals surface area (Å²) in [5, 5.41) is 9.87. The van der Waals surface area contributed by atoms with Gasteiger partial charge in [-0.05, 0) is 39.7 Å². The first-order valence-electron chi connectivity index (χ1n) is 7.70. The number of aromatic nitrogens is 4.